The van der Waals surface area contributed by atoms with E-state index < -0.39 is 0 Å². The van der Waals surface area contributed by atoms with E-state index in [1.807, 2.05) is 70.2 Å². The van der Waals surface area contributed by atoms with E-state index in [-0.39, 0.29) is 5.82 Å². The molecule has 0 aliphatic heterocycles. The molecule has 5 N–H and O–H groups in total. The average molecular weight is 650 g/mol. The number of nitrogens with one attached hydrogen (secondary N) is 1. The molecule has 1 saturated carbocycles. The molecule has 0 radical (unpaired) electrons. The van der Waals surface area contributed by atoms with Gasteiger partial charge in [-0.05, 0) is 80.9 Å². The SMILES string of the molecule is C=C(C)CN.CC.CC1CCCCC1.CN.Cc1cc(-n2c3ccccc3c3c(-c4nc5ccc(F)cc5[nH]4)cccc32)ccc1C=O. The Morgan fingerprint density at radius 2 is 1.65 bits per heavy atom. The average Bonchev–Trinajstić information content (AvgIpc) is 3.70. The van der Waals surface area contributed by atoms with Crippen LogP contribution in [0.2, 0.25) is 0 Å². The van der Waals surface area contributed by atoms with Crippen molar-refractivity contribution in [3.8, 4) is 17.1 Å². The van der Waals surface area contributed by atoms with Gasteiger partial charge in [0.25, 0.3) is 0 Å². The molecule has 0 bridgehead atoms. The lowest BCUT2D eigenvalue weighted by Crippen LogP contribution is -1.99. The molecule has 6 aromatic rings. The van der Waals surface area contributed by atoms with Gasteiger partial charge in [-0.2, -0.15) is 0 Å². The van der Waals surface area contributed by atoms with E-state index in [9.17, 15) is 9.18 Å². The molecule has 7 heteroatoms. The fourth-order valence-electron chi connectivity index (χ4n) is 5.84. The lowest BCUT2D eigenvalue weighted by molar-refractivity contribution is 0.112. The van der Waals surface area contributed by atoms with Crippen molar-refractivity contribution in [2.24, 2.45) is 17.4 Å². The van der Waals surface area contributed by atoms with Gasteiger partial charge in [-0.25, -0.2) is 9.37 Å². The van der Waals surface area contributed by atoms with Crippen LogP contribution in [0.3, 0.4) is 0 Å². The molecule has 7 rings (SSSR count). The van der Waals surface area contributed by atoms with Crippen molar-refractivity contribution in [2.75, 3.05) is 13.6 Å². The molecule has 0 amide bonds. The standard InChI is InChI=1S/C27H18FN3O.C7H14.C4H9N.C2H6.CH5N/c1-16-13-19(11-9-17(16)15-32)31-24-7-3-2-5-20(24)26-21(6-4-8-25(26)31)27-29-22-12-10-18(28)14-23(22)30-27;1-7-5-3-2-4-6-7;1-4(2)3-5;2*1-2/h2-15H,1H3,(H,29,30);7H,2-6H2,1H3;1,3,5H2,2H3;1-2H3;2H2,1H3. The van der Waals surface area contributed by atoms with E-state index in [1.54, 1.807) is 6.07 Å². The number of rotatable bonds is 4. The van der Waals surface area contributed by atoms with E-state index in [2.05, 4.69) is 47.0 Å². The highest BCUT2D eigenvalue weighted by atomic mass is 19.1. The molecule has 0 atom stereocenters. The normalized spacial score (nSPS) is 12.4. The van der Waals surface area contributed by atoms with Gasteiger partial charge in [0.1, 0.15) is 17.9 Å². The van der Waals surface area contributed by atoms with Gasteiger partial charge in [-0.1, -0.05) is 95.4 Å². The van der Waals surface area contributed by atoms with Crippen molar-refractivity contribution in [2.45, 2.75) is 66.7 Å². The number of carbonyl (C=O) groups is 1. The Balaban J connectivity index is 0.000000327. The van der Waals surface area contributed by atoms with Crippen LogP contribution in [0, 0.1) is 18.7 Å². The minimum Gasteiger partial charge on any atom is -0.338 e. The molecular weight excluding hydrogens is 597 g/mol. The second kappa shape index (κ2) is 18.7. The molecule has 0 spiro atoms. The summed E-state index contributed by atoms with van der Waals surface area (Å²) in [6, 6.07) is 24.8. The van der Waals surface area contributed by atoms with Crippen LogP contribution in [0.25, 0.3) is 49.9 Å². The van der Waals surface area contributed by atoms with Gasteiger partial charge in [-0.15, -0.1) is 0 Å². The highest BCUT2D eigenvalue weighted by molar-refractivity contribution is 6.15. The van der Waals surface area contributed by atoms with Crippen LogP contribution in [0.15, 0.2) is 91.0 Å². The predicted molar refractivity (Wildman–Crippen MR) is 204 cm³/mol. The van der Waals surface area contributed by atoms with Gasteiger partial charge in [0.2, 0.25) is 0 Å². The number of nitrogens with zero attached hydrogens (tertiary/aromatic N) is 2. The van der Waals surface area contributed by atoms with Crippen molar-refractivity contribution in [1.82, 2.24) is 14.5 Å². The van der Waals surface area contributed by atoms with Crippen LogP contribution in [-0.4, -0.2) is 34.4 Å². The van der Waals surface area contributed by atoms with Crippen LogP contribution in [0.1, 0.15) is 75.7 Å². The Kier molecular flexibility index (Phi) is 14.7. The maximum atomic E-state index is 13.7. The van der Waals surface area contributed by atoms with E-state index >= 15 is 0 Å². The van der Waals surface area contributed by atoms with Crippen LogP contribution >= 0.6 is 0 Å². The number of aromatic amines is 1. The molecule has 48 heavy (non-hydrogen) atoms. The molecule has 4 aromatic carbocycles. The number of H-pyrrole nitrogens is 1. The van der Waals surface area contributed by atoms with Crippen molar-refractivity contribution in [3.63, 3.8) is 0 Å². The second-order valence-corrected chi connectivity index (χ2v) is 11.9. The number of benzene rings is 4. The highest BCUT2D eigenvalue weighted by Crippen LogP contribution is 2.38. The molecule has 1 aliphatic rings. The minimum atomic E-state index is -0.295. The quantitative estimate of drug-likeness (QED) is 0.131. The number of hydrogen-bond donors (Lipinski definition) is 3. The lowest BCUT2D eigenvalue weighted by atomic mass is 9.91. The van der Waals surface area contributed by atoms with Crippen molar-refractivity contribution >= 4 is 39.1 Å². The predicted octanol–water partition coefficient (Wildman–Crippen LogP) is 10.3. The molecule has 1 aliphatic carbocycles. The summed E-state index contributed by atoms with van der Waals surface area (Å²) in [5.74, 6) is 1.44. The number of aldehydes is 1. The highest BCUT2D eigenvalue weighted by Gasteiger charge is 2.18. The van der Waals surface area contributed by atoms with E-state index in [0.29, 0.717) is 23.4 Å². The van der Waals surface area contributed by atoms with Gasteiger partial charge in [0, 0.05) is 34.1 Å². The van der Waals surface area contributed by atoms with Crippen LogP contribution in [-0.2, 0) is 0 Å². The summed E-state index contributed by atoms with van der Waals surface area (Å²) in [7, 11) is 1.50. The number of fused-ring (bicyclic) bond motifs is 4. The number of halogens is 1. The maximum absolute atomic E-state index is 13.7. The zero-order chi connectivity index (χ0) is 35.2. The second-order valence-electron chi connectivity index (χ2n) is 11.9. The maximum Gasteiger partial charge on any atom is 0.150 e. The third-order valence-corrected chi connectivity index (χ3v) is 8.28. The molecule has 2 heterocycles. The summed E-state index contributed by atoms with van der Waals surface area (Å²) in [6.45, 7) is 14.4. The number of para-hydroxylation sites is 1. The Labute approximate surface area is 285 Å². The third-order valence-electron chi connectivity index (χ3n) is 8.28. The monoisotopic (exact) mass is 649 g/mol. The molecule has 0 unspecified atom stereocenters. The summed E-state index contributed by atoms with van der Waals surface area (Å²) in [5.41, 5.74) is 17.7. The van der Waals surface area contributed by atoms with Gasteiger partial charge >= 0.3 is 0 Å². The van der Waals surface area contributed by atoms with Crippen LogP contribution < -0.4 is 11.5 Å². The number of aryl methyl sites for hydroxylation is 1. The molecule has 6 nitrogen and oxygen atoms in total. The number of carbonyl (C=O) groups excluding carboxylic acids is 1. The van der Waals surface area contributed by atoms with Gasteiger partial charge < -0.3 is 21.0 Å². The minimum absolute atomic E-state index is 0.295. The first-order valence-corrected chi connectivity index (χ1v) is 17.0. The summed E-state index contributed by atoms with van der Waals surface area (Å²) in [6.07, 6.45) is 8.32. The van der Waals surface area contributed by atoms with E-state index in [0.717, 1.165) is 61.9 Å². The first-order valence-electron chi connectivity index (χ1n) is 17.0. The van der Waals surface area contributed by atoms with E-state index in [1.165, 1.54) is 51.3 Å². The van der Waals surface area contributed by atoms with E-state index in [4.69, 9.17) is 10.7 Å². The van der Waals surface area contributed by atoms with Gasteiger partial charge in [0.05, 0.1) is 22.1 Å². The van der Waals surface area contributed by atoms with Crippen molar-refractivity contribution < 1.29 is 9.18 Å². The first kappa shape index (κ1) is 37.9. The summed E-state index contributed by atoms with van der Waals surface area (Å²) in [5, 5.41) is 2.17. The van der Waals surface area contributed by atoms with Crippen molar-refractivity contribution in [1.29, 1.82) is 0 Å². The van der Waals surface area contributed by atoms with Crippen LogP contribution in [0.5, 0.6) is 0 Å². The Bertz CT molecular complexity index is 1930. The number of hydrogen-bond acceptors (Lipinski definition) is 4. The summed E-state index contributed by atoms with van der Waals surface area (Å²) in [4.78, 5) is 19.3. The van der Waals surface area contributed by atoms with Gasteiger partial charge in [-0.3, -0.25) is 4.79 Å². The smallest absolute Gasteiger partial charge is 0.150 e. The summed E-state index contributed by atoms with van der Waals surface area (Å²) < 4.78 is 15.9. The molecular formula is C41H52FN5O. The fourth-order valence-corrected chi connectivity index (χ4v) is 5.84. The fraction of sp³-hybridized carbons (Fsp3) is 0.317. The molecule has 2 aromatic heterocycles. The molecule has 1 fully saturated rings. The Hall–Kier alpha value is -4.59. The first-order chi connectivity index (χ1) is 23.3. The van der Waals surface area contributed by atoms with Crippen LogP contribution in [0.4, 0.5) is 4.39 Å². The molecule has 254 valence electrons. The van der Waals surface area contributed by atoms with Gasteiger partial charge in [0.15, 0.2) is 0 Å². The zero-order valence-corrected chi connectivity index (χ0v) is 29.4. The Morgan fingerprint density at radius 3 is 2.25 bits per heavy atom. The number of aromatic nitrogens is 3. The number of imidazole rings is 1. The Morgan fingerprint density at radius 1 is 0.979 bits per heavy atom. The third kappa shape index (κ3) is 9.06. The largest absolute Gasteiger partial charge is 0.338 e. The molecule has 0 saturated heterocycles. The summed E-state index contributed by atoms with van der Waals surface area (Å²) >= 11 is 0. The van der Waals surface area contributed by atoms with Crippen molar-refractivity contribution in [3.05, 3.63) is 108 Å². The zero-order valence-electron chi connectivity index (χ0n) is 29.4. The topological polar surface area (TPSA) is 103 Å². The lowest BCUT2D eigenvalue weighted by Gasteiger charge is -2.15. The number of nitrogens with two attached hydrogens (primary N) is 2.